The van der Waals surface area contributed by atoms with Gasteiger partial charge < -0.3 is 20.9 Å². The van der Waals surface area contributed by atoms with Crippen molar-refractivity contribution in [2.24, 2.45) is 5.73 Å². The van der Waals surface area contributed by atoms with Crippen molar-refractivity contribution in [3.63, 3.8) is 0 Å². The van der Waals surface area contributed by atoms with Gasteiger partial charge in [-0.15, -0.1) is 0 Å². The molecule has 0 unspecified atom stereocenters. The van der Waals surface area contributed by atoms with Gasteiger partial charge in [0.05, 0.1) is 11.1 Å². The molecule has 4 N–H and O–H groups in total. The molecule has 0 radical (unpaired) electrons. The average molecular weight is 364 g/mol. The number of fused-ring (bicyclic) bond motifs is 2. The maximum absolute atomic E-state index is 13.3. The molecule has 1 saturated heterocycles. The quantitative estimate of drug-likeness (QED) is 0.589. The second kappa shape index (κ2) is 6.51. The molecular formula is C20H20N4O3. The first-order valence-corrected chi connectivity index (χ1v) is 8.83. The predicted molar refractivity (Wildman–Crippen MR) is 104 cm³/mol. The summed E-state index contributed by atoms with van der Waals surface area (Å²) in [7, 11) is 1.54. The summed E-state index contributed by atoms with van der Waals surface area (Å²) >= 11 is 0. The van der Waals surface area contributed by atoms with Gasteiger partial charge in [0.25, 0.3) is 5.91 Å². The van der Waals surface area contributed by atoms with Gasteiger partial charge in [-0.2, -0.15) is 0 Å². The fourth-order valence-electron chi connectivity index (χ4n) is 3.79. The van der Waals surface area contributed by atoms with Gasteiger partial charge in [-0.25, -0.2) is 0 Å². The molecule has 1 aliphatic rings. The van der Waals surface area contributed by atoms with E-state index in [1.807, 2.05) is 6.07 Å². The molecule has 27 heavy (non-hydrogen) atoms. The lowest BCUT2D eigenvalue weighted by molar-refractivity contribution is -0.124. The van der Waals surface area contributed by atoms with E-state index in [4.69, 9.17) is 5.73 Å². The number of hydrogen-bond acceptors (Lipinski definition) is 4. The van der Waals surface area contributed by atoms with Gasteiger partial charge in [-0.3, -0.25) is 14.4 Å². The molecule has 2 atom stereocenters. The van der Waals surface area contributed by atoms with Crippen LogP contribution >= 0.6 is 0 Å². The third-order valence-electron chi connectivity index (χ3n) is 5.11. The van der Waals surface area contributed by atoms with Gasteiger partial charge in [0.1, 0.15) is 6.04 Å². The number of aromatic nitrogens is 1. The summed E-state index contributed by atoms with van der Waals surface area (Å²) in [4.78, 5) is 43.0. The summed E-state index contributed by atoms with van der Waals surface area (Å²) in [6, 6.07) is 11.4. The lowest BCUT2D eigenvalue weighted by atomic mass is 10.0. The van der Waals surface area contributed by atoms with Gasteiger partial charge in [-0.05, 0) is 30.7 Å². The Morgan fingerprint density at radius 2 is 1.89 bits per heavy atom. The van der Waals surface area contributed by atoms with Crippen molar-refractivity contribution in [3.05, 3.63) is 58.3 Å². The Balaban J connectivity index is 1.87. The molecule has 0 bridgehead atoms. The number of benzene rings is 2. The van der Waals surface area contributed by atoms with Crippen LogP contribution in [0.2, 0.25) is 0 Å². The monoisotopic (exact) mass is 364 g/mol. The van der Waals surface area contributed by atoms with Crippen molar-refractivity contribution in [2.45, 2.75) is 18.5 Å². The van der Waals surface area contributed by atoms with E-state index in [9.17, 15) is 14.4 Å². The number of para-hydroxylation sites is 2. The summed E-state index contributed by atoms with van der Waals surface area (Å²) in [5.74, 6) is -0.552. The highest BCUT2D eigenvalue weighted by Gasteiger charge is 2.38. The molecular weight excluding hydrogens is 344 g/mol. The van der Waals surface area contributed by atoms with Crippen LogP contribution in [0, 0.1) is 0 Å². The molecule has 1 aromatic heterocycles. The fraction of sp³-hybridized carbons (Fsp3) is 0.250. The normalized spacial score (nSPS) is 19.6. The van der Waals surface area contributed by atoms with E-state index in [2.05, 4.69) is 10.3 Å². The first-order chi connectivity index (χ1) is 13.0. The Hall–Kier alpha value is -3.19. The average Bonchev–Trinajstić information content (AvgIpc) is 3.08. The SMILES string of the molecule is CNC(=O)[C@@H]1C[C@H](N)CN1C(=O)c1cccc2c(=O)c3ccccc3[nH]c12. The maximum atomic E-state index is 13.3. The van der Waals surface area contributed by atoms with Crippen molar-refractivity contribution < 1.29 is 9.59 Å². The van der Waals surface area contributed by atoms with Crippen molar-refractivity contribution in [1.82, 2.24) is 15.2 Å². The fourth-order valence-corrected chi connectivity index (χ4v) is 3.79. The minimum Gasteiger partial charge on any atom is -0.357 e. The zero-order valence-corrected chi connectivity index (χ0v) is 14.9. The highest BCUT2D eigenvalue weighted by atomic mass is 16.2. The predicted octanol–water partition coefficient (Wildman–Crippen LogP) is 0.969. The van der Waals surface area contributed by atoms with E-state index in [0.717, 1.165) is 0 Å². The molecule has 3 aromatic rings. The number of nitrogens with two attached hydrogens (primary N) is 1. The Morgan fingerprint density at radius 1 is 1.15 bits per heavy atom. The number of pyridine rings is 1. The molecule has 1 aliphatic heterocycles. The molecule has 7 heteroatoms. The number of amides is 2. The first kappa shape index (κ1) is 17.2. The molecule has 4 rings (SSSR count). The zero-order valence-electron chi connectivity index (χ0n) is 14.9. The van der Waals surface area contributed by atoms with Crippen LogP contribution in [-0.2, 0) is 4.79 Å². The molecule has 0 spiro atoms. The second-order valence-electron chi connectivity index (χ2n) is 6.81. The van der Waals surface area contributed by atoms with Crippen molar-refractivity contribution >= 4 is 33.6 Å². The Kier molecular flexibility index (Phi) is 4.16. The third kappa shape index (κ3) is 2.76. The molecule has 0 saturated carbocycles. The molecule has 2 aromatic carbocycles. The molecule has 2 amide bonds. The smallest absolute Gasteiger partial charge is 0.256 e. The Bertz CT molecular complexity index is 1120. The van der Waals surface area contributed by atoms with Gasteiger partial charge in [0.15, 0.2) is 5.43 Å². The molecule has 7 nitrogen and oxygen atoms in total. The molecule has 2 heterocycles. The number of likely N-dealkylation sites (tertiary alicyclic amines) is 1. The highest BCUT2D eigenvalue weighted by molar-refractivity contribution is 6.08. The topological polar surface area (TPSA) is 108 Å². The first-order valence-electron chi connectivity index (χ1n) is 8.83. The Labute approximate surface area is 155 Å². The van der Waals surface area contributed by atoms with Crippen molar-refractivity contribution in [1.29, 1.82) is 0 Å². The van der Waals surface area contributed by atoms with Crippen LogP contribution in [0.3, 0.4) is 0 Å². The largest absolute Gasteiger partial charge is 0.357 e. The Morgan fingerprint density at radius 3 is 2.67 bits per heavy atom. The second-order valence-corrected chi connectivity index (χ2v) is 6.81. The van der Waals surface area contributed by atoms with Crippen molar-refractivity contribution in [2.75, 3.05) is 13.6 Å². The van der Waals surface area contributed by atoms with E-state index in [1.165, 1.54) is 11.9 Å². The minimum absolute atomic E-state index is 0.130. The number of carbonyl (C=O) groups is 2. The third-order valence-corrected chi connectivity index (χ3v) is 5.11. The molecule has 1 fully saturated rings. The van der Waals surface area contributed by atoms with E-state index >= 15 is 0 Å². The van der Waals surface area contributed by atoms with Crippen LogP contribution in [0.15, 0.2) is 47.3 Å². The van der Waals surface area contributed by atoms with Crippen LogP contribution in [0.5, 0.6) is 0 Å². The van der Waals surface area contributed by atoms with Crippen LogP contribution in [0.25, 0.3) is 21.8 Å². The van der Waals surface area contributed by atoms with Gasteiger partial charge in [0, 0.05) is 35.9 Å². The lowest BCUT2D eigenvalue weighted by Gasteiger charge is -2.23. The number of carbonyl (C=O) groups excluding carboxylic acids is 2. The summed E-state index contributed by atoms with van der Waals surface area (Å²) < 4.78 is 0. The van der Waals surface area contributed by atoms with E-state index in [-0.39, 0.29) is 23.3 Å². The van der Waals surface area contributed by atoms with Gasteiger partial charge in [0.2, 0.25) is 5.91 Å². The maximum Gasteiger partial charge on any atom is 0.256 e. The van der Waals surface area contributed by atoms with Gasteiger partial charge >= 0.3 is 0 Å². The molecule has 0 aliphatic carbocycles. The van der Waals surface area contributed by atoms with E-state index in [0.29, 0.717) is 40.3 Å². The number of likely N-dealkylation sites (N-methyl/N-ethyl adjacent to an activating group) is 1. The van der Waals surface area contributed by atoms with E-state index < -0.39 is 6.04 Å². The summed E-state index contributed by atoms with van der Waals surface area (Å²) in [6.07, 6.45) is 0.412. The number of aromatic amines is 1. The number of H-pyrrole nitrogens is 1. The standard InChI is InChI=1S/C20H20N4O3/c1-22-19(26)16-9-11(21)10-24(16)20(27)14-7-4-6-13-17(14)23-15-8-3-2-5-12(15)18(13)25/h2-8,11,16H,9-10,21H2,1H3,(H,22,26)(H,23,25)/t11-,16-/m0/s1. The summed E-state index contributed by atoms with van der Waals surface area (Å²) in [5.41, 5.74) is 7.37. The van der Waals surface area contributed by atoms with Crippen LogP contribution in [-0.4, -0.2) is 47.4 Å². The highest BCUT2D eigenvalue weighted by Crippen LogP contribution is 2.24. The van der Waals surface area contributed by atoms with Crippen molar-refractivity contribution in [3.8, 4) is 0 Å². The lowest BCUT2D eigenvalue weighted by Crippen LogP contribution is -2.45. The van der Waals surface area contributed by atoms with Crippen LogP contribution in [0.4, 0.5) is 0 Å². The van der Waals surface area contributed by atoms with Crippen LogP contribution < -0.4 is 16.5 Å². The summed E-state index contributed by atoms with van der Waals surface area (Å²) in [6.45, 7) is 0.297. The minimum atomic E-state index is -0.611. The number of nitrogens with one attached hydrogen (secondary N) is 2. The molecule has 138 valence electrons. The van der Waals surface area contributed by atoms with Gasteiger partial charge in [-0.1, -0.05) is 18.2 Å². The number of rotatable bonds is 2. The zero-order chi connectivity index (χ0) is 19.1. The number of hydrogen-bond donors (Lipinski definition) is 3. The van der Waals surface area contributed by atoms with E-state index in [1.54, 1.807) is 36.4 Å². The summed E-state index contributed by atoms with van der Waals surface area (Å²) in [5, 5.41) is 3.60. The number of nitrogens with zero attached hydrogens (tertiary/aromatic N) is 1. The van der Waals surface area contributed by atoms with Crippen LogP contribution in [0.1, 0.15) is 16.8 Å².